The molecule has 0 spiro atoms. The van der Waals surface area contributed by atoms with Crippen LogP contribution in [0.4, 0.5) is 28.9 Å². The van der Waals surface area contributed by atoms with Gasteiger partial charge in [-0.05, 0) is 61.2 Å². The highest BCUT2D eigenvalue weighted by Gasteiger charge is 2.38. The van der Waals surface area contributed by atoms with E-state index in [1.54, 1.807) is 12.1 Å². The monoisotopic (exact) mass is 470 g/mol. The second kappa shape index (κ2) is 10.8. The number of hydrogen-bond acceptors (Lipinski definition) is 4. The molecule has 11 heteroatoms. The van der Waals surface area contributed by atoms with Crippen LogP contribution in [0, 0.1) is 11.7 Å². The van der Waals surface area contributed by atoms with Gasteiger partial charge < -0.3 is 20.4 Å². The number of nitrogens with zero attached hydrogens (tertiary/aromatic N) is 1. The van der Waals surface area contributed by atoms with Crippen molar-refractivity contribution in [2.75, 3.05) is 23.3 Å². The molecule has 0 radical (unpaired) electrons. The average Bonchev–Trinajstić information content (AvgIpc) is 2.74. The number of aliphatic carboxylic acids is 1. The van der Waals surface area contributed by atoms with E-state index in [0.29, 0.717) is 22.9 Å². The van der Waals surface area contributed by atoms with Gasteiger partial charge >= 0.3 is 18.1 Å². The van der Waals surface area contributed by atoms with Crippen molar-refractivity contribution in [3.63, 3.8) is 0 Å². The minimum atomic E-state index is -5.08. The Balaban J connectivity index is 0.000000479. The SMILES string of the molecule is CC1CCN(c2ccc(NC(=O)c3ccc(F)cc3)cc2C(=O)O)CC1.O=C(O)C(F)(F)F. The number of anilines is 2. The van der Waals surface area contributed by atoms with Crippen molar-refractivity contribution >= 4 is 29.2 Å². The first-order valence-electron chi connectivity index (χ1n) is 9.87. The number of nitrogens with one attached hydrogen (secondary N) is 1. The molecule has 0 atom stereocenters. The molecule has 0 aliphatic carbocycles. The number of hydrogen-bond donors (Lipinski definition) is 3. The van der Waals surface area contributed by atoms with Crippen LogP contribution >= 0.6 is 0 Å². The second-order valence-electron chi connectivity index (χ2n) is 7.47. The molecule has 3 N–H and O–H groups in total. The first-order valence-corrected chi connectivity index (χ1v) is 9.87. The molecule has 0 aromatic heterocycles. The summed E-state index contributed by atoms with van der Waals surface area (Å²) in [6, 6.07) is 10.1. The highest BCUT2D eigenvalue weighted by molar-refractivity contribution is 6.05. The van der Waals surface area contributed by atoms with Crippen molar-refractivity contribution in [2.45, 2.75) is 25.9 Å². The molecular weight excluding hydrogens is 448 g/mol. The minimum Gasteiger partial charge on any atom is -0.478 e. The van der Waals surface area contributed by atoms with Gasteiger partial charge in [-0.2, -0.15) is 13.2 Å². The summed E-state index contributed by atoms with van der Waals surface area (Å²) in [7, 11) is 0. The third-order valence-electron chi connectivity index (χ3n) is 4.96. The third-order valence-corrected chi connectivity index (χ3v) is 4.96. The lowest BCUT2D eigenvalue weighted by Crippen LogP contribution is -2.33. The summed E-state index contributed by atoms with van der Waals surface area (Å²) in [4.78, 5) is 34.9. The van der Waals surface area contributed by atoms with E-state index in [2.05, 4.69) is 17.1 Å². The number of halogens is 4. The molecule has 1 aliphatic rings. The maximum atomic E-state index is 13.0. The molecule has 1 heterocycles. The molecule has 7 nitrogen and oxygen atoms in total. The summed E-state index contributed by atoms with van der Waals surface area (Å²) in [5.41, 5.74) is 1.53. The van der Waals surface area contributed by atoms with Crippen LogP contribution in [0.1, 0.15) is 40.5 Å². The molecule has 33 heavy (non-hydrogen) atoms. The first kappa shape index (κ1) is 25.6. The molecule has 178 valence electrons. The molecule has 0 bridgehead atoms. The van der Waals surface area contributed by atoms with E-state index in [4.69, 9.17) is 9.90 Å². The Morgan fingerprint density at radius 1 is 1.00 bits per heavy atom. The lowest BCUT2D eigenvalue weighted by molar-refractivity contribution is -0.192. The Morgan fingerprint density at radius 2 is 1.55 bits per heavy atom. The largest absolute Gasteiger partial charge is 0.490 e. The number of alkyl halides is 3. The van der Waals surface area contributed by atoms with Crippen LogP contribution < -0.4 is 10.2 Å². The van der Waals surface area contributed by atoms with Gasteiger partial charge in [0.15, 0.2) is 0 Å². The van der Waals surface area contributed by atoms with Crippen molar-refractivity contribution in [3.8, 4) is 0 Å². The smallest absolute Gasteiger partial charge is 0.478 e. The molecule has 3 rings (SSSR count). The summed E-state index contributed by atoms with van der Waals surface area (Å²) >= 11 is 0. The van der Waals surface area contributed by atoms with Gasteiger partial charge in [0.25, 0.3) is 5.91 Å². The van der Waals surface area contributed by atoms with E-state index in [-0.39, 0.29) is 5.56 Å². The summed E-state index contributed by atoms with van der Waals surface area (Å²) in [5, 5.41) is 19.4. The van der Waals surface area contributed by atoms with Crippen LogP contribution in [0.3, 0.4) is 0 Å². The van der Waals surface area contributed by atoms with Gasteiger partial charge in [-0.3, -0.25) is 4.79 Å². The van der Waals surface area contributed by atoms with Gasteiger partial charge in [0.2, 0.25) is 0 Å². The summed E-state index contributed by atoms with van der Waals surface area (Å²) in [6.45, 7) is 3.84. The van der Waals surface area contributed by atoms with Crippen LogP contribution in [0.2, 0.25) is 0 Å². The number of piperidine rings is 1. The molecular formula is C22H22F4N2O5. The van der Waals surface area contributed by atoms with Crippen LogP contribution in [-0.2, 0) is 4.79 Å². The fourth-order valence-electron chi connectivity index (χ4n) is 3.11. The van der Waals surface area contributed by atoms with E-state index in [1.165, 1.54) is 30.3 Å². The van der Waals surface area contributed by atoms with Gasteiger partial charge in [-0.15, -0.1) is 0 Å². The Morgan fingerprint density at radius 3 is 2.03 bits per heavy atom. The lowest BCUT2D eigenvalue weighted by Gasteiger charge is -2.33. The minimum absolute atomic E-state index is 0.163. The van der Waals surface area contributed by atoms with Crippen LogP contribution in [0.25, 0.3) is 0 Å². The Hall–Kier alpha value is -3.63. The predicted octanol–water partition coefficient (Wildman–Crippen LogP) is 4.65. The Bertz CT molecular complexity index is 1000. The standard InChI is InChI=1S/C20H21FN2O3.C2HF3O2/c1-13-8-10-23(11-9-13)18-7-6-16(12-17(18)20(25)26)22-19(24)14-2-4-15(21)5-3-14;3-2(4,5)1(6)7/h2-7,12-13H,8-11H2,1H3,(H,22,24)(H,25,26);(H,6,7). The maximum absolute atomic E-state index is 13.0. The Kier molecular flexibility index (Phi) is 8.38. The van der Waals surface area contributed by atoms with Gasteiger partial charge in [-0.1, -0.05) is 6.92 Å². The molecule has 2 aromatic rings. The fourth-order valence-corrected chi connectivity index (χ4v) is 3.11. The van der Waals surface area contributed by atoms with Crippen molar-refractivity contribution < 1.29 is 42.2 Å². The van der Waals surface area contributed by atoms with Crippen molar-refractivity contribution in [2.24, 2.45) is 5.92 Å². The number of benzene rings is 2. The zero-order valence-corrected chi connectivity index (χ0v) is 17.5. The summed E-state index contributed by atoms with van der Waals surface area (Å²) in [6.07, 6.45) is -3.02. The molecule has 2 aromatic carbocycles. The average molecular weight is 470 g/mol. The molecule has 1 fully saturated rings. The quantitative estimate of drug-likeness (QED) is 0.562. The van der Waals surface area contributed by atoms with Gasteiger partial charge in [0.05, 0.1) is 11.3 Å². The highest BCUT2D eigenvalue weighted by atomic mass is 19.4. The number of amides is 1. The molecule has 1 amide bonds. The molecule has 0 saturated carbocycles. The van der Waals surface area contributed by atoms with E-state index < -0.39 is 29.8 Å². The number of carbonyl (C=O) groups is 3. The van der Waals surface area contributed by atoms with Gasteiger partial charge in [0.1, 0.15) is 5.82 Å². The second-order valence-corrected chi connectivity index (χ2v) is 7.47. The highest BCUT2D eigenvalue weighted by Crippen LogP contribution is 2.29. The number of carboxylic acids is 2. The van der Waals surface area contributed by atoms with E-state index in [1.807, 2.05) is 0 Å². The number of carboxylic acid groups (broad SMARTS) is 2. The summed E-state index contributed by atoms with van der Waals surface area (Å²) < 4.78 is 44.7. The van der Waals surface area contributed by atoms with Crippen molar-refractivity contribution in [1.29, 1.82) is 0 Å². The Labute approximate surface area is 186 Å². The number of rotatable bonds is 4. The number of aromatic carboxylic acids is 1. The van der Waals surface area contributed by atoms with Crippen molar-refractivity contribution in [3.05, 3.63) is 59.4 Å². The predicted molar refractivity (Wildman–Crippen MR) is 112 cm³/mol. The van der Waals surface area contributed by atoms with E-state index >= 15 is 0 Å². The van der Waals surface area contributed by atoms with Crippen molar-refractivity contribution in [1.82, 2.24) is 0 Å². The molecule has 1 saturated heterocycles. The normalized spacial score (nSPS) is 14.2. The lowest BCUT2D eigenvalue weighted by atomic mass is 9.98. The third kappa shape index (κ3) is 7.48. The number of carbonyl (C=O) groups excluding carboxylic acids is 1. The topological polar surface area (TPSA) is 107 Å². The fraction of sp³-hybridized carbons (Fsp3) is 0.318. The maximum Gasteiger partial charge on any atom is 0.490 e. The molecule has 0 unspecified atom stereocenters. The zero-order valence-electron chi connectivity index (χ0n) is 17.5. The van der Waals surface area contributed by atoms with Gasteiger partial charge in [-0.25, -0.2) is 14.0 Å². The van der Waals surface area contributed by atoms with E-state index in [0.717, 1.165) is 25.9 Å². The molecule has 1 aliphatic heterocycles. The van der Waals surface area contributed by atoms with Crippen LogP contribution in [0.15, 0.2) is 42.5 Å². The summed E-state index contributed by atoms with van der Waals surface area (Å²) in [5.74, 6) is -3.98. The first-order chi connectivity index (χ1) is 15.4. The zero-order chi connectivity index (χ0) is 24.8. The van der Waals surface area contributed by atoms with Crippen LogP contribution in [0.5, 0.6) is 0 Å². The van der Waals surface area contributed by atoms with Gasteiger partial charge in [0, 0.05) is 24.3 Å². The van der Waals surface area contributed by atoms with Crippen LogP contribution in [-0.4, -0.2) is 47.3 Å². The van der Waals surface area contributed by atoms with E-state index in [9.17, 15) is 32.3 Å².